The lowest BCUT2D eigenvalue weighted by Crippen LogP contribution is -2.12. The minimum Gasteiger partial charge on any atom is -0.459 e. The molecule has 0 aliphatic rings. The van der Waals surface area contributed by atoms with Crippen LogP contribution < -0.4 is 0 Å². The second-order valence-corrected chi connectivity index (χ2v) is 5.21. The molecule has 0 atom stereocenters. The van der Waals surface area contributed by atoms with E-state index in [0.29, 0.717) is 12.2 Å². The molecular formula is C16H17N5O2. The Morgan fingerprint density at radius 2 is 2.00 bits per heavy atom. The third-order valence-electron chi connectivity index (χ3n) is 3.40. The van der Waals surface area contributed by atoms with Crippen molar-refractivity contribution in [2.24, 2.45) is 0 Å². The van der Waals surface area contributed by atoms with E-state index in [0.717, 1.165) is 11.4 Å². The van der Waals surface area contributed by atoms with Gasteiger partial charge in [0, 0.05) is 5.69 Å². The summed E-state index contributed by atoms with van der Waals surface area (Å²) in [5.74, 6) is -0.445. The van der Waals surface area contributed by atoms with Gasteiger partial charge in [-0.25, -0.2) is 19.1 Å². The number of ether oxygens (including phenoxy) is 1. The lowest BCUT2D eigenvalue weighted by atomic mass is 10.2. The molecule has 1 aromatic carbocycles. The van der Waals surface area contributed by atoms with Crippen molar-refractivity contribution in [3.05, 3.63) is 59.9 Å². The lowest BCUT2D eigenvalue weighted by molar-refractivity contribution is 0.0480. The topological polar surface area (TPSA) is 74.8 Å². The van der Waals surface area contributed by atoms with Gasteiger partial charge in [-0.15, -0.1) is 0 Å². The van der Waals surface area contributed by atoms with E-state index in [1.165, 1.54) is 11.9 Å². The fourth-order valence-electron chi connectivity index (χ4n) is 2.18. The van der Waals surface area contributed by atoms with Crippen LogP contribution in [0.3, 0.4) is 0 Å². The summed E-state index contributed by atoms with van der Waals surface area (Å²) in [5.41, 5.74) is 3.25. The van der Waals surface area contributed by atoms with Crippen LogP contribution in [0.25, 0.3) is 5.69 Å². The maximum Gasteiger partial charge on any atom is 0.358 e. The Morgan fingerprint density at radius 1 is 1.22 bits per heavy atom. The summed E-state index contributed by atoms with van der Waals surface area (Å²) >= 11 is 0. The van der Waals surface area contributed by atoms with Crippen LogP contribution >= 0.6 is 0 Å². The average molecular weight is 311 g/mol. The molecule has 0 aliphatic carbocycles. The third kappa shape index (κ3) is 3.45. The molecule has 3 aromatic rings. The highest BCUT2D eigenvalue weighted by molar-refractivity contribution is 5.87. The number of nitrogens with zero attached hydrogens (tertiary/aromatic N) is 5. The van der Waals surface area contributed by atoms with Crippen molar-refractivity contribution < 1.29 is 9.53 Å². The van der Waals surface area contributed by atoms with Crippen molar-refractivity contribution in [3.63, 3.8) is 0 Å². The van der Waals surface area contributed by atoms with Gasteiger partial charge >= 0.3 is 5.97 Å². The van der Waals surface area contributed by atoms with Gasteiger partial charge in [-0.3, -0.25) is 0 Å². The van der Waals surface area contributed by atoms with Gasteiger partial charge in [0.2, 0.25) is 0 Å². The van der Waals surface area contributed by atoms with Crippen molar-refractivity contribution in [2.45, 2.75) is 20.4 Å². The zero-order valence-electron chi connectivity index (χ0n) is 13.0. The number of hydrogen-bond donors (Lipinski definition) is 0. The van der Waals surface area contributed by atoms with Crippen LogP contribution in [0.5, 0.6) is 0 Å². The molecule has 0 saturated heterocycles. The third-order valence-corrected chi connectivity index (χ3v) is 3.40. The van der Waals surface area contributed by atoms with E-state index >= 15 is 0 Å². The highest BCUT2D eigenvalue weighted by Crippen LogP contribution is 2.13. The largest absolute Gasteiger partial charge is 0.459 e. The minimum atomic E-state index is -0.445. The highest BCUT2D eigenvalue weighted by Gasteiger charge is 2.14. The zero-order chi connectivity index (χ0) is 16.2. The van der Waals surface area contributed by atoms with Gasteiger partial charge < -0.3 is 4.74 Å². The van der Waals surface area contributed by atoms with Gasteiger partial charge in [-0.2, -0.15) is 10.2 Å². The molecule has 2 heterocycles. The molecule has 0 spiro atoms. The summed E-state index contributed by atoms with van der Waals surface area (Å²) in [4.78, 5) is 15.9. The summed E-state index contributed by atoms with van der Waals surface area (Å²) < 4.78 is 8.55. The Labute approximate surface area is 133 Å². The van der Waals surface area contributed by atoms with Gasteiger partial charge in [0.1, 0.15) is 19.3 Å². The van der Waals surface area contributed by atoms with Crippen LogP contribution in [-0.2, 0) is 11.3 Å². The summed E-state index contributed by atoms with van der Waals surface area (Å²) in [7, 11) is 0. The van der Waals surface area contributed by atoms with Crippen LogP contribution in [0.4, 0.5) is 0 Å². The Bertz CT molecular complexity index is 791. The van der Waals surface area contributed by atoms with Gasteiger partial charge in [-0.1, -0.05) is 17.7 Å². The summed E-state index contributed by atoms with van der Waals surface area (Å²) in [6.07, 6.45) is 3.01. The number of aromatic nitrogens is 5. The molecule has 0 aliphatic heterocycles. The number of carbonyl (C=O) groups is 1. The molecule has 0 amide bonds. The fourth-order valence-corrected chi connectivity index (χ4v) is 2.18. The smallest absolute Gasteiger partial charge is 0.358 e. The van der Waals surface area contributed by atoms with Crippen LogP contribution in [0.2, 0.25) is 0 Å². The van der Waals surface area contributed by atoms with Crippen molar-refractivity contribution >= 4 is 5.97 Å². The van der Waals surface area contributed by atoms with Crippen molar-refractivity contribution in [1.29, 1.82) is 0 Å². The number of hydrogen-bond acceptors (Lipinski definition) is 5. The fraction of sp³-hybridized carbons (Fsp3) is 0.250. The first-order valence-corrected chi connectivity index (χ1v) is 7.27. The van der Waals surface area contributed by atoms with E-state index in [1.807, 2.05) is 38.1 Å². The molecule has 118 valence electrons. The number of benzene rings is 1. The first-order valence-electron chi connectivity index (χ1n) is 7.27. The number of esters is 1. The second kappa shape index (κ2) is 6.43. The van der Waals surface area contributed by atoms with E-state index < -0.39 is 5.97 Å². The molecule has 2 aromatic heterocycles. The molecule has 0 fully saturated rings. The zero-order valence-corrected chi connectivity index (χ0v) is 13.0. The number of rotatable bonds is 5. The molecular weight excluding hydrogens is 294 g/mol. The summed E-state index contributed by atoms with van der Waals surface area (Å²) in [6, 6.07) is 9.67. The van der Waals surface area contributed by atoms with Gasteiger partial charge in [0.15, 0.2) is 5.69 Å². The van der Waals surface area contributed by atoms with E-state index in [1.54, 1.807) is 21.8 Å². The Kier molecular flexibility index (Phi) is 4.18. The molecule has 0 saturated carbocycles. The number of aryl methyl sites for hydroxylation is 2. The molecule has 7 heteroatoms. The summed E-state index contributed by atoms with van der Waals surface area (Å²) in [5, 5.41) is 8.28. The lowest BCUT2D eigenvalue weighted by Gasteiger charge is -2.04. The molecule has 0 bridgehead atoms. The molecule has 0 radical (unpaired) electrons. The van der Waals surface area contributed by atoms with Gasteiger partial charge in [-0.05, 0) is 32.0 Å². The van der Waals surface area contributed by atoms with E-state index in [2.05, 4.69) is 15.2 Å². The SMILES string of the molecule is Cc1ccc(-n2nc(C(=O)OCCn3cncn3)cc2C)cc1. The normalized spacial score (nSPS) is 10.7. The first-order chi connectivity index (χ1) is 11.1. The molecule has 3 rings (SSSR count). The maximum atomic E-state index is 12.1. The second-order valence-electron chi connectivity index (χ2n) is 5.21. The monoisotopic (exact) mass is 311 g/mol. The Morgan fingerprint density at radius 3 is 2.70 bits per heavy atom. The van der Waals surface area contributed by atoms with Crippen LogP contribution in [0.15, 0.2) is 43.0 Å². The van der Waals surface area contributed by atoms with Crippen molar-refractivity contribution in [1.82, 2.24) is 24.5 Å². The Balaban J connectivity index is 1.67. The van der Waals surface area contributed by atoms with Gasteiger partial charge in [0.25, 0.3) is 0 Å². The minimum absolute atomic E-state index is 0.221. The van der Waals surface area contributed by atoms with Crippen LogP contribution in [0.1, 0.15) is 21.7 Å². The molecule has 7 nitrogen and oxygen atoms in total. The summed E-state index contributed by atoms with van der Waals surface area (Å²) in [6.45, 7) is 4.61. The first kappa shape index (κ1) is 15.0. The molecule has 0 N–H and O–H groups in total. The van der Waals surface area contributed by atoms with E-state index in [9.17, 15) is 4.79 Å². The standard InChI is InChI=1S/C16H17N5O2/c1-12-3-5-14(6-4-12)21-13(2)9-15(19-21)16(22)23-8-7-20-11-17-10-18-20/h3-6,9-11H,7-8H2,1-2H3. The van der Waals surface area contributed by atoms with Crippen molar-refractivity contribution in [3.8, 4) is 5.69 Å². The van der Waals surface area contributed by atoms with Crippen LogP contribution in [0, 0.1) is 13.8 Å². The molecule has 0 unspecified atom stereocenters. The van der Waals surface area contributed by atoms with Crippen LogP contribution in [-0.4, -0.2) is 37.1 Å². The van der Waals surface area contributed by atoms with Gasteiger partial charge in [0.05, 0.1) is 12.2 Å². The predicted molar refractivity (Wildman–Crippen MR) is 83.3 cm³/mol. The van der Waals surface area contributed by atoms with Crippen molar-refractivity contribution in [2.75, 3.05) is 6.61 Å². The van der Waals surface area contributed by atoms with E-state index in [-0.39, 0.29) is 6.61 Å². The Hall–Kier alpha value is -2.96. The average Bonchev–Trinajstić information content (AvgIpc) is 3.18. The van der Waals surface area contributed by atoms with E-state index in [4.69, 9.17) is 4.74 Å². The molecule has 23 heavy (non-hydrogen) atoms. The highest BCUT2D eigenvalue weighted by atomic mass is 16.5. The number of carbonyl (C=O) groups excluding carboxylic acids is 1. The predicted octanol–water partition coefficient (Wildman–Crippen LogP) is 1.94. The maximum absolute atomic E-state index is 12.1. The quantitative estimate of drug-likeness (QED) is 0.673.